The lowest BCUT2D eigenvalue weighted by molar-refractivity contribution is 0.262. The number of carbonyl (C=O) groups is 1. The van der Waals surface area contributed by atoms with Crippen LogP contribution in [0.15, 0.2) is 48.5 Å². The Balaban J connectivity index is 1.64. The maximum absolute atomic E-state index is 13.1. The van der Waals surface area contributed by atoms with Gasteiger partial charge in [0.15, 0.2) is 0 Å². The molecule has 2 aromatic carbocycles. The molecule has 2 heterocycles. The average Bonchev–Trinajstić information content (AvgIpc) is 3.13. The molecule has 0 fully saturated rings. The average molecular weight is 407 g/mol. The molecule has 2 amide bonds. The number of fused-ring (bicyclic) bond motifs is 1. The normalized spacial score (nSPS) is 13.3. The largest absolute Gasteiger partial charge is 0.385 e. The summed E-state index contributed by atoms with van der Waals surface area (Å²) in [5.74, 6) is 0.221. The number of urea groups is 1. The second-order valence-electron chi connectivity index (χ2n) is 8.53. The van der Waals surface area contributed by atoms with Crippen molar-refractivity contribution in [2.24, 2.45) is 0 Å². The van der Waals surface area contributed by atoms with Crippen LogP contribution in [0, 0.1) is 5.82 Å². The van der Waals surface area contributed by atoms with E-state index in [0.717, 1.165) is 36.5 Å². The standard InChI is InChI=1S/C23H26FN5O/c1-23(2,3)20-14-21(27-22(30)26-17-8-6-16(24)7-9-17)29(28-20)18-10-11-19-15(13-18)5-4-12-25-19/h6-11,13-14,25H,4-5,12H2,1-3H3,(H2,26,27,30). The number of hydrogen-bond acceptors (Lipinski definition) is 3. The number of amides is 2. The van der Waals surface area contributed by atoms with Gasteiger partial charge in [-0.2, -0.15) is 5.10 Å². The third-order valence-corrected chi connectivity index (χ3v) is 5.09. The third kappa shape index (κ3) is 4.30. The minimum absolute atomic E-state index is 0.176. The van der Waals surface area contributed by atoms with E-state index in [1.807, 2.05) is 12.1 Å². The van der Waals surface area contributed by atoms with Gasteiger partial charge in [-0.3, -0.25) is 5.32 Å². The molecule has 4 rings (SSSR count). The van der Waals surface area contributed by atoms with Crippen LogP contribution >= 0.6 is 0 Å². The summed E-state index contributed by atoms with van der Waals surface area (Å²) in [4.78, 5) is 12.6. The highest BCUT2D eigenvalue weighted by Crippen LogP contribution is 2.29. The Kier molecular flexibility index (Phi) is 5.20. The van der Waals surface area contributed by atoms with Crippen LogP contribution in [0.2, 0.25) is 0 Å². The predicted octanol–water partition coefficient (Wildman–Crippen LogP) is 5.31. The van der Waals surface area contributed by atoms with Crippen LogP contribution in [-0.4, -0.2) is 22.4 Å². The number of carbonyl (C=O) groups excluding carboxylic acids is 1. The fourth-order valence-corrected chi connectivity index (χ4v) is 3.44. The van der Waals surface area contributed by atoms with Crippen LogP contribution in [0.5, 0.6) is 0 Å². The number of rotatable bonds is 3. The molecular formula is C23H26FN5O. The first-order valence-corrected chi connectivity index (χ1v) is 10.1. The molecule has 3 aromatic rings. The fraction of sp³-hybridized carbons (Fsp3) is 0.304. The highest BCUT2D eigenvalue weighted by molar-refractivity contribution is 5.99. The summed E-state index contributed by atoms with van der Waals surface area (Å²) >= 11 is 0. The molecule has 0 radical (unpaired) electrons. The zero-order chi connectivity index (χ0) is 21.3. The summed E-state index contributed by atoms with van der Waals surface area (Å²) in [5, 5.41) is 13.8. The summed E-state index contributed by atoms with van der Waals surface area (Å²) in [5.41, 5.74) is 4.49. The molecule has 0 spiro atoms. The molecule has 0 unspecified atom stereocenters. The Morgan fingerprint density at radius 3 is 2.60 bits per heavy atom. The van der Waals surface area contributed by atoms with Crippen LogP contribution in [0.3, 0.4) is 0 Å². The minimum Gasteiger partial charge on any atom is -0.385 e. The van der Waals surface area contributed by atoms with E-state index in [0.29, 0.717) is 11.5 Å². The monoisotopic (exact) mass is 407 g/mol. The van der Waals surface area contributed by atoms with E-state index in [9.17, 15) is 9.18 Å². The predicted molar refractivity (Wildman–Crippen MR) is 118 cm³/mol. The number of halogens is 1. The first kappa shape index (κ1) is 19.9. The van der Waals surface area contributed by atoms with Crippen molar-refractivity contribution in [3.05, 3.63) is 65.6 Å². The first-order valence-electron chi connectivity index (χ1n) is 10.1. The summed E-state index contributed by atoms with van der Waals surface area (Å²) < 4.78 is 14.9. The number of aromatic nitrogens is 2. The van der Waals surface area contributed by atoms with Crippen LogP contribution in [0.4, 0.5) is 26.4 Å². The van der Waals surface area contributed by atoms with E-state index < -0.39 is 6.03 Å². The molecule has 0 saturated carbocycles. The molecule has 0 aliphatic carbocycles. The summed E-state index contributed by atoms with van der Waals surface area (Å²) in [6, 6.07) is 13.3. The Bertz CT molecular complexity index is 1070. The second kappa shape index (κ2) is 7.82. The van der Waals surface area contributed by atoms with Gasteiger partial charge in [0.1, 0.15) is 11.6 Å². The Hall–Kier alpha value is -3.35. The van der Waals surface area contributed by atoms with Crippen molar-refractivity contribution >= 4 is 23.2 Å². The lowest BCUT2D eigenvalue weighted by Gasteiger charge is -2.19. The van der Waals surface area contributed by atoms with Gasteiger partial charge in [0, 0.05) is 29.4 Å². The zero-order valence-electron chi connectivity index (χ0n) is 17.4. The second-order valence-corrected chi connectivity index (χ2v) is 8.53. The van der Waals surface area contributed by atoms with E-state index >= 15 is 0 Å². The first-order chi connectivity index (χ1) is 14.3. The molecule has 0 atom stereocenters. The van der Waals surface area contributed by atoms with Gasteiger partial charge in [-0.15, -0.1) is 0 Å². The summed E-state index contributed by atoms with van der Waals surface area (Å²) in [7, 11) is 0. The molecule has 30 heavy (non-hydrogen) atoms. The Morgan fingerprint density at radius 1 is 1.10 bits per heavy atom. The number of nitrogens with zero attached hydrogens (tertiary/aromatic N) is 2. The maximum Gasteiger partial charge on any atom is 0.324 e. The third-order valence-electron chi connectivity index (χ3n) is 5.09. The number of hydrogen-bond donors (Lipinski definition) is 3. The molecule has 1 aromatic heterocycles. The van der Waals surface area contributed by atoms with Crippen molar-refractivity contribution in [3.8, 4) is 5.69 Å². The SMILES string of the molecule is CC(C)(C)c1cc(NC(=O)Nc2ccc(F)cc2)n(-c2ccc3c(c2)CCCN3)n1. The molecule has 0 saturated heterocycles. The van der Waals surface area contributed by atoms with Crippen molar-refractivity contribution in [2.75, 3.05) is 22.5 Å². The van der Waals surface area contributed by atoms with Crippen LogP contribution in [0.1, 0.15) is 38.4 Å². The smallest absolute Gasteiger partial charge is 0.324 e. The maximum atomic E-state index is 13.1. The van der Waals surface area contributed by atoms with Crippen molar-refractivity contribution in [2.45, 2.75) is 39.0 Å². The highest BCUT2D eigenvalue weighted by atomic mass is 19.1. The lowest BCUT2D eigenvalue weighted by atomic mass is 9.92. The van der Waals surface area contributed by atoms with Gasteiger partial charge in [-0.1, -0.05) is 20.8 Å². The lowest BCUT2D eigenvalue weighted by Crippen LogP contribution is -2.21. The van der Waals surface area contributed by atoms with Crippen LogP contribution < -0.4 is 16.0 Å². The van der Waals surface area contributed by atoms with Crippen molar-refractivity contribution in [1.29, 1.82) is 0 Å². The number of benzene rings is 2. The van der Waals surface area contributed by atoms with Gasteiger partial charge in [-0.05, 0) is 60.9 Å². The van der Waals surface area contributed by atoms with E-state index in [2.05, 4.69) is 48.9 Å². The summed E-state index contributed by atoms with van der Waals surface area (Å²) in [6.07, 6.45) is 2.10. The van der Waals surface area contributed by atoms with Crippen LogP contribution in [0.25, 0.3) is 5.69 Å². The number of nitrogens with one attached hydrogen (secondary N) is 3. The number of aryl methyl sites for hydroxylation is 1. The van der Waals surface area contributed by atoms with E-state index in [-0.39, 0.29) is 11.2 Å². The van der Waals surface area contributed by atoms with E-state index in [4.69, 9.17) is 5.10 Å². The summed E-state index contributed by atoms with van der Waals surface area (Å²) in [6.45, 7) is 7.23. The molecule has 3 N–H and O–H groups in total. The number of anilines is 3. The molecule has 1 aliphatic rings. The molecule has 1 aliphatic heterocycles. The Morgan fingerprint density at radius 2 is 1.87 bits per heavy atom. The van der Waals surface area contributed by atoms with E-state index in [1.54, 1.807) is 4.68 Å². The quantitative estimate of drug-likeness (QED) is 0.551. The van der Waals surface area contributed by atoms with Gasteiger partial charge < -0.3 is 10.6 Å². The van der Waals surface area contributed by atoms with Gasteiger partial charge in [0.2, 0.25) is 0 Å². The van der Waals surface area contributed by atoms with Crippen molar-refractivity contribution < 1.29 is 9.18 Å². The van der Waals surface area contributed by atoms with Gasteiger partial charge >= 0.3 is 6.03 Å². The minimum atomic E-state index is -0.414. The highest BCUT2D eigenvalue weighted by Gasteiger charge is 2.22. The molecule has 156 valence electrons. The van der Waals surface area contributed by atoms with Crippen molar-refractivity contribution in [1.82, 2.24) is 9.78 Å². The molecular weight excluding hydrogens is 381 g/mol. The molecule has 7 heteroatoms. The zero-order valence-corrected chi connectivity index (χ0v) is 17.4. The van der Waals surface area contributed by atoms with Gasteiger partial charge in [0.25, 0.3) is 0 Å². The van der Waals surface area contributed by atoms with Gasteiger partial charge in [-0.25, -0.2) is 13.9 Å². The topological polar surface area (TPSA) is 71.0 Å². The fourth-order valence-electron chi connectivity index (χ4n) is 3.44. The molecule has 6 nitrogen and oxygen atoms in total. The Labute approximate surface area is 175 Å². The van der Waals surface area contributed by atoms with Crippen molar-refractivity contribution in [3.63, 3.8) is 0 Å². The van der Waals surface area contributed by atoms with Gasteiger partial charge in [0.05, 0.1) is 11.4 Å². The molecule has 0 bridgehead atoms. The van der Waals surface area contributed by atoms with Crippen LogP contribution in [-0.2, 0) is 11.8 Å². The van der Waals surface area contributed by atoms with E-state index in [1.165, 1.54) is 29.8 Å².